The van der Waals surface area contributed by atoms with Crippen molar-refractivity contribution in [2.45, 2.75) is 13.5 Å². The van der Waals surface area contributed by atoms with Crippen molar-refractivity contribution in [2.24, 2.45) is 0 Å². The van der Waals surface area contributed by atoms with E-state index < -0.39 is 0 Å². The molecular weight excluding hydrogens is 371 g/mol. The normalized spacial score (nSPS) is 10.9. The van der Waals surface area contributed by atoms with Crippen LogP contribution in [0.1, 0.15) is 5.69 Å². The number of methoxy groups -OCH3 is 1. The highest BCUT2D eigenvalue weighted by Gasteiger charge is 2.16. The fraction of sp³-hybridized carbons (Fsp3) is 0.136. The van der Waals surface area contributed by atoms with Crippen LogP contribution < -0.4 is 10.1 Å². The molecule has 7 heteroatoms. The number of nitrogens with one attached hydrogen (secondary N) is 1. The molecule has 2 aromatic carbocycles. The van der Waals surface area contributed by atoms with Gasteiger partial charge in [-0.1, -0.05) is 18.2 Å². The first kappa shape index (κ1) is 18.6. The third-order valence-electron chi connectivity index (χ3n) is 4.61. The molecule has 0 fully saturated rings. The smallest absolute Gasteiger partial charge is 0.246 e. The van der Waals surface area contributed by atoms with Crippen molar-refractivity contribution in [2.75, 3.05) is 12.4 Å². The maximum Gasteiger partial charge on any atom is 0.246 e. The molecule has 0 aliphatic carbocycles. The predicted octanol–water partition coefficient (Wildman–Crippen LogP) is 4.19. The Morgan fingerprint density at radius 2 is 1.97 bits per heavy atom. The first-order valence-corrected chi connectivity index (χ1v) is 9.07. The molecule has 1 amide bonds. The van der Waals surface area contributed by atoms with Gasteiger partial charge in [0.2, 0.25) is 5.91 Å². The first-order chi connectivity index (χ1) is 14.0. The quantitative estimate of drug-likeness (QED) is 0.555. The Kier molecular flexibility index (Phi) is 4.95. The number of ether oxygens (including phenoxy) is 1. The van der Waals surface area contributed by atoms with E-state index in [2.05, 4.69) is 15.4 Å². The maximum atomic E-state index is 13.3. The molecule has 0 saturated heterocycles. The highest BCUT2D eigenvalue weighted by molar-refractivity contribution is 5.96. The topological polar surface area (TPSA) is 69.0 Å². The van der Waals surface area contributed by atoms with E-state index in [1.54, 1.807) is 54.4 Å². The van der Waals surface area contributed by atoms with Crippen molar-refractivity contribution >= 4 is 22.6 Å². The number of aryl methyl sites for hydroxylation is 1. The van der Waals surface area contributed by atoms with Gasteiger partial charge in [0, 0.05) is 23.3 Å². The first-order valence-electron chi connectivity index (χ1n) is 9.07. The summed E-state index contributed by atoms with van der Waals surface area (Å²) in [5, 5.41) is 8.19. The van der Waals surface area contributed by atoms with Crippen LogP contribution in [0.5, 0.6) is 5.75 Å². The summed E-state index contributed by atoms with van der Waals surface area (Å²) in [7, 11) is 1.57. The minimum atomic E-state index is -0.291. The van der Waals surface area contributed by atoms with Crippen LogP contribution >= 0.6 is 0 Å². The van der Waals surface area contributed by atoms with Gasteiger partial charge in [0.1, 0.15) is 18.1 Å². The second kappa shape index (κ2) is 7.71. The lowest BCUT2D eigenvalue weighted by molar-refractivity contribution is -0.116. The van der Waals surface area contributed by atoms with Gasteiger partial charge in [0.25, 0.3) is 0 Å². The van der Waals surface area contributed by atoms with Gasteiger partial charge in [0.15, 0.2) is 5.65 Å². The molecule has 2 aromatic heterocycles. The number of hydrogen-bond donors (Lipinski definition) is 1. The van der Waals surface area contributed by atoms with Crippen LogP contribution in [0, 0.1) is 12.7 Å². The van der Waals surface area contributed by atoms with Gasteiger partial charge >= 0.3 is 0 Å². The third-order valence-corrected chi connectivity index (χ3v) is 4.61. The van der Waals surface area contributed by atoms with Crippen LogP contribution in [0.3, 0.4) is 0 Å². The maximum absolute atomic E-state index is 13.3. The molecular formula is C22H19FN4O2. The predicted molar refractivity (Wildman–Crippen MR) is 109 cm³/mol. The lowest BCUT2D eigenvalue weighted by atomic mass is 10.0. The van der Waals surface area contributed by atoms with Crippen LogP contribution in [-0.4, -0.2) is 27.8 Å². The number of halogens is 1. The molecule has 0 saturated carbocycles. The number of carbonyl (C=O) groups is 1. The Morgan fingerprint density at radius 1 is 1.17 bits per heavy atom. The molecule has 1 N–H and O–H groups in total. The van der Waals surface area contributed by atoms with E-state index in [-0.39, 0.29) is 18.3 Å². The number of benzene rings is 2. The van der Waals surface area contributed by atoms with E-state index in [0.717, 1.165) is 22.2 Å². The van der Waals surface area contributed by atoms with Crippen molar-refractivity contribution in [1.29, 1.82) is 0 Å². The average Bonchev–Trinajstić information content (AvgIpc) is 3.04. The molecule has 29 heavy (non-hydrogen) atoms. The van der Waals surface area contributed by atoms with Crippen molar-refractivity contribution in [3.05, 3.63) is 72.3 Å². The molecule has 0 unspecified atom stereocenters. The molecule has 4 aromatic rings. The van der Waals surface area contributed by atoms with E-state index in [1.165, 1.54) is 12.1 Å². The molecule has 2 heterocycles. The number of aromatic nitrogens is 3. The number of rotatable bonds is 5. The molecule has 146 valence electrons. The molecule has 4 rings (SSSR count). The zero-order chi connectivity index (χ0) is 20.4. The molecule has 6 nitrogen and oxygen atoms in total. The third kappa shape index (κ3) is 3.80. The Bertz CT molecular complexity index is 1190. The van der Waals surface area contributed by atoms with Gasteiger partial charge in [-0.2, -0.15) is 5.10 Å². The van der Waals surface area contributed by atoms with Gasteiger partial charge in [0.05, 0.1) is 12.8 Å². The summed E-state index contributed by atoms with van der Waals surface area (Å²) in [6, 6.07) is 15.3. The van der Waals surface area contributed by atoms with E-state index >= 15 is 0 Å². The summed E-state index contributed by atoms with van der Waals surface area (Å²) >= 11 is 0. The van der Waals surface area contributed by atoms with E-state index in [1.807, 2.05) is 13.0 Å². The van der Waals surface area contributed by atoms with E-state index in [4.69, 9.17) is 4.74 Å². The molecule has 0 spiro atoms. The summed E-state index contributed by atoms with van der Waals surface area (Å²) in [5.41, 5.74) is 3.75. The summed E-state index contributed by atoms with van der Waals surface area (Å²) in [6.45, 7) is 1.88. The second-order valence-electron chi connectivity index (χ2n) is 6.59. The Morgan fingerprint density at radius 3 is 2.72 bits per heavy atom. The van der Waals surface area contributed by atoms with Crippen LogP contribution in [-0.2, 0) is 11.3 Å². The highest BCUT2D eigenvalue weighted by atomic mass is 19.1. The Hall–Kier alpha value is -3.74. The number of anilines is 1. The lowest BCUT2D eigenvalue weighted by Gasteiger charge is -2.08. The standard InChI is InChI=1S/C22H19FN4O2/c1-14-21-19(15-6-8-16(23)9-7-15)10-11-24-22(21)27(26-14)13-20(28)25-17-4-3-5-18(12-17)29-2/h3-12H,13H2,1-2H3,(H,25,28). The minimum Gasteiger partial charge on any atom is -0.497 e. The van der Waals surface area contributed by atoms with Crippen LogP contribution in [0.25, 0.3) is 22.2 Å². The number of pyridine rings is 1. The van der Waals surface area contributed by atoms with Crippen molar-refractivity contribution in [3.8, 4) is 16.9 Å². The largest absolute Gasteiger partial charge is 0.497 e. The highest BCUT2D eigenvalue weighted by Crippen LogP contribution is 2.30. The van der Waals surface area contributed by atoms with Crippen molar-refractivity contribution < 1.29 is 13.9 Å². The van der Waals surface area contributed by atoms with Crippen LogP contribution in [0.2, 0.25) is 0 Å². The number of fused-ring (bicyclic) bond motifs is 1. The Labute approximate surface area is 167 Å². The summed E-state index contributed by atoms with van der Waals surface area (Å²) in [5.74, 6) is 0.145. The zero-order valence-corrected chi connectivity index (χ0v) is 16.0. The van der Waals surface area contributed by atoms with Gasteiger partial charge in [-0.3, -0.25) is 4.79 Å². The van der Waals surface area contributed by atoms with Gasteiger partial charge in [-0.15, -0.1) is 0 Å². The van der Waals surface area contributed by atoms with Gasteiger partial charge in [-0.05, 0) is 48.4 Å². The van der Waals surface area contributed by atoms with E-state index in [9.17, 15) is 9.18 Å². The summed E-state index contributed by atoms with van der Waals surface area (Å²) < 4.78 is 20.0. The van der Waals surface area contributed by atoms with E-state index in [0.29, 0.717) is 17.1 Å². The number of nitrogens with zero attached hydrogens (tertiary/aromatic N) is 3. The Balaban J connectivity index is 1.64. The SMILES string of the molecule is COc1cccc(NC(=O)Cn2nc(C)c3c(-c4ccc(F)cc4)ccnc32)c1. The van der Waals surface area contributed by atoms with Gasteiger partial charge in [-0.25, -0.2) is 14.1 Å². The molecule has 0 radical (unpaired) electrons. The lowest BCUT2D eigenvalue weighted by Crippen LogP contribution is -2.19. The van der Waals surface area contributed by atoms with Crippen LogP contribution in [0.15, 0.2) is 60.8 Å². The number of hydrogen-bond acceptors (Lipinski definition) is 4. The minimum absolute atomic E-state index is 0.0153. The fourth-order valence-electron chi connectivity index (χ4n) is 3.30. The van der Waals surface area contributed by atoms with Gasteiger partial charge < -0.3 is 10.1 Å². The zero-order valence-electron chi connectivity index (χ0n) is 16.0. The van der Waals surface area contributed by atoms with Crippen molar-refractivity contribution in [1.82, 2.24) is 14.8 Å². The number of amides is 1. The van der Waals surface area contributed by atoms with Crippen LogP contribution in [0.4, 0.5) is 10.1 Å². The summed E-state index contributed by atoms with van der Waals surface area (Å²) in [6.07, 6.45) is 1.67. The molecule has 0 atom stereocenters. The monoisotopic (exact) mass is 390 g/mol. The average molecular weight is 390 g/mol. The van der Waals surface area contributed by atoms with Crippen molar-refractivity contribution in [3.63, 3.8) is 0 Å². The molecule has 0 bridgehead atoms. The second-order valence-corrected chi connectivity index (χ2v) is 6.59. The number of carbonyl (C=O) groups excluding carboxylic acids is 1. The molecule has 0 aliphatic heterocycles. The summed E-state index contributed by atoms with van der Waals surface area (Å²) in [4.78, 5) is 17.0. The molecule has 0 aliphatic rings. The fourth-order valence-corrected chi connectivity index (χ4v) is 3.30.